The van der Waals surface area contributed by atoms with Gasteiger partial charge in [0.2, 0.25) is 0 Å². The van der Waals surface area contributed by atoms with E-state index >= 15 is 0 Å². The first-order valence-corrected chi connectivity index (χ1v) is 11.1. The molecule has 0 radical (unpaired) electrons. The van der Waals surface area contributed by atoms with Crippen molar-refractivity contribution in [3.63, 3.8) is 0 Å². The van der Waals surface area contributed by atoms with Crippen LogP contribution in [-0.2, 0) is 17.7 Å². The van der Waals surface area contributed by atoms with E-state index in [0.29, 0.717) is 24.5 Å². The van der Waals surface area contributed by atoms with Gasteiger partial charge in [0.1, 0.15) is 11.8 Å². The molecule has 2 aromatic carbocycles. The highest BCUT2D eigenvalue weighted by Crippen LogP contribution is 2.33. The number of ether oxygens (including phenoxy) is 2. The van der Waals surface area contributed by atoms with E-state index in [0.717, 1.165) is 27.7 Å². The van der Waals surface area contributed by atoms with Gasteiger partial charge >= 0.3 is 6.16 Å². The topological polar surface area (TPSA) is 95.6 Å². The summed E-state index contributed by atoms with van der Waals surface area (Å²) in [4.78, 5) is 16.4. The predicted octanol–water partition coefficient (Wildman–Crippen LogP) is 4.97. The van der Waals surface area contributed by atoms with Gasteiger partial charge in [-0.1, -0.05) is 43.3 Å². The number of anilines is 2. The molecule has 0 aliphatic rings. The van der Waals surface area contributed by atoms with E-state index in [1.807, 2.05) is 54.2 Å². The fraction of sp³-hybridized carbons (Fsp3) is 0.200. The van der Waals surface area contributed by atoms with Crippen LogP contribution >= 0.6 is 0 Å². The fourth-order valence-corrected chi connectivity index (χ4v) is 4.03. The molecule has 0 amide bonds. The van der Waals surface area contributed by atoms with Gasteiger partial charge in [-0.25, -0.2) is 14.3 Å². The second kappa shape index (κ2) is 9.22. The average Bonchev–Trinajstić information content (AvgIpc) is 3.42. The SMILES string of the molecule is CCOC(=O)Oc1cn2ncnc(Nc3cccc4c3cnn4Cc3ccccc3)c2c1CC. The van der Waals surface area contributed by atoms with Gasteiger partial charge in [0.25, 0.3) is 0 Å². The van der Waals surface area contributed by atoms with Gasteiger partial charge in [-0.05, 0) is 31.0 Å². The highest BCUT2D eigenvalue weighted by Gasteiger charge is 2.19. The van der Waals surface area contributed by atoms with Crippen molar-refractivity contribution in [3.8, 4) is 5.75 Å². The molecule has 0 atom stereocenters. The Morgan fingerprint density at radius 3 is 2.71 bits per heavy atom. The Hall–Kier alpha value is -4.40. The third-order valence-corrected chi connectivity index (χ3v) is 5.56. The molecule has 1 N–H and O–H groups in total. The molecular formula is C25H24N6O3. The van der Waals surface area contributed by atoms with Crippen LogP contribution < -0.4 is 10.1 Å². The van der Waals surface area contributed by atoms with Crippen molar-refractivity contribution >= 4 is 34.1 Å². The maximum atomic E-state index is 11.9. The fourth-order valence-electron chi connectivity index (χ4n) is 4.03. The van der Waals surface area contributed by atoms with E-state index in [4.69, 9.17) is 9.47 Å². The molecule has 3 heterocycles. The van der Waals surface area contributed by atoms with Crippen molar-refractivity contribution in [1.82, 2.24) is 24.4 Å². The van der Waals surface area contributed by atoms with Crippen LogP contribution in [0.15, 0.2) is 67.3 Å². The van der Waals surface area contributed by atoms with Gasteiger partial charge in [-0.2, -0.15) is 10.2 Å². The molecule has 9 heteroatoms. The molecule has 0 saturated heterocycles. The molecule has 3 aromatic heterocycles. The van der Waals surface area contributed by atoms with Gasteiger partial charge in [-0.15, -0.1) is 0 Å². The van der Waals surface area contributed by atoms with Crippen LogP contribution in [0.5, 0.6) is 5.75 Å². The zero-order valence-corrected chi connectivity index (χ0v) is 18.9. The van der Waals surface area contributed by atoms with E-state index in [1.54, 1.807) is 17.6 Å². The lowest BCUT2D eigenvalue weighted by molar-refractivity contribution is 0.104. The second-order valence-corrected chi connectivity index (χ2v) is 7.66. The molecule has 0 saturated carbocycles. The summed E-state index contributed by atoms with van der Waals surface area (Å²) < 4.78 is 14.0. The Morgan fingerprint density at radius 2 is 1.91 bits per heavy atom. The molecule has 0 bridgehead atoms. The average molecular weight is 457 g/mol. The van der Waals surface area contributed by atoms with Crippen LogP contribution in [0.1, 0.15) is 25.0 Å². The number of benzene rings is 2. The van der Waals surface area contributed by atoms with E-state index in [1.165, 1.54) is 11.9 Å². The van der Waals surface area contributed by atoms with Crippen LogP contribution in [0.3, 0.4) is 0 Å². The highest BCUT2D eigenvalue weighted by molar-refractivity contribution is 5.94. The monoisotopic (exact) mass is 456 g/mol. The van der Waals surface area contributed by atoms with Crippen molar-refractivity contribution in [2.45, 2.75) is 26.8 Å². The summed E-state index contributed by atoms with van der Waals surface area (Å²) in [5.74, 6) is 1.01. The number of fused-ring (bicyclic) bond motifs is 2. The van der Waals surface area contributed by atoms with Gasteiger partial charge in [0, 0.05) is 10.9 Å². The number of hydrogen-bond donors (Lipinski definition) is 1. The first-order chi connectivity index (χ1) is 16.7. The number of carbonyl (C=O) groups excluding carboxylic acids is 1. The maximum Gasteiger partial charge on any atom is 0.513 e. The molecule has 5 rings (SSSR count). The Bertz CT molecular complexity index is 1460. The maximum absolute atomic E-state index is 11.9. The minimum atomic E-state index is -0.744. The van der Waals surface area contributed by atoms with Crippen LogP contribution in [0.2, 0.25) is 0 Å². The minimum Gasteiger partial charge on any atom is -0.434 e. The van der Waals surface area contributed by atoms with Crippen LogP contribution in [-0.4, -0.2) is 37.1 Å². The van der Waals surface area contributed by atoms with E-state index in [2.05, 4.69) is 32.6 Å². The lowest BCUT2D eigenvalue weighted by atomic mass is 10.2. The number of aromatic nitrogens is 5. The first-order valence-electron chi connectivity index (χ1n) is 11.1. The molecule has 0 unspecified atom stereocenters. The zero-order chi connectivity index (χ0) is 23.5. The Kier molecular flexibility index (Phi) is 5.82. The molecule has 0 fully saturated rings. The molecular weight excluding hydrogens is 432 g/mol. The molecule has 5 aromatic rings. The second-order valence-electron chi connectivity index (χ2n) is 7.66. The Balaban J connectivity index is 1.51. The van der Waals surface area contributed by atoms with Crippen LogP contribution in [0.25, 0.3) is 16.4 Å². The van der Waals surface area contributed by atoms with Crippen LogP contribution in [0.4, 0.5) is 16.3 Å². The minimum absolute atomic E-state index is 0.238. The van der Waals surface area contributed by atoms with E-state index in [-0.39, 0.29) is 6.61 Å². The molecule has 172 valence electrons. The number of nitrogens with one attached hydrogen (secondary N) is 1. The third-order valence-electron chi connectivity index (χ3n) is 5.56. The number of nitrogens with zero attached hydrogens (tertiary/aromatic N) is 5. The summed E-state index contributed by atoms with van der Waals surface area (Å²) in [7, 11) is 0. The van der Waals surface area contributed by atoms with Gasteiger partial charge in [-0.3, -0.25) is 4.68 Å². The van der Waals surface area contributed by atoms with Crippen molar-refractivity contribution < 1.29 is 14.3 Å². The van der Waals surface area contributed by atoms with Gasteiger partial charge < -0.3 is 14.8 Å². The van der Waals surface area contributed by atoms with Crippen molar-refractivity contribution in [3.05, 3.63) is 78.4 Å². The molecule has 0 aliphatic carbocycles. The standard InChI is InChI=1S/C25H24N6O3/c1-3-18-22(34-25(32)33-4-2)15-31-23(18)24(26-16-28-31)29-20-11-8-12-21-19(20)13-27-30(21)14-17-9-6-5-7-10-17/h5-13,15-16H,3-4,14H2,1-2H3,(H,26,28,29). The number of carbonyl (C=O) groups is 1. The normalized spacial score (nSPS) is 11.1. The van der Waals surface area contributed by atoms with Crippen molar-refractivity contribution in [2.24, 2.45) is 0 Å². The molecule has 34 heavy (non-hydrogen) atoms. The number of rotatable bonds is 7. The van der Waals surface area contributed by atoms with Crippen LogP contribution in [0, 0.1) is 0 Å². The van der Waals surface area contributed by atoms with Crippen molar-refractivity contribution in [1.29, 1.82) is 0 Å². The Morgan fingerprint density at radius 1 is 1.06 bits per heavy atom. The van der Waals surface area contributed by atoms with Gasteiger partial charge in [0.15, 0.2) is 11.6 Å². The third kappa shape index (κ3) is 4.03. The first kappa shape index (κ1) is 21.4. The van der Waals surface area contributed by atoms with E-state index < -0.39 is 6.16 Å². The summed E-state index contributed by atoms with van der Waals surface area (Å²) in [6, 6.07) is 16.2. The Labute approximate surface area is 195 Å². The molecule has 0 spiro atoms. The lowest BCUT2D eigenvalue weighted by Gasteiger charge is -2.10. The zero-order valence-electron chi connectivity index (χ0n) is 18.9. The molecule has 9 nitrogen and oxygen atoms in total. The van der Waals surface area contributed by atoms with E-state index in [9.17, 15) is 4.79 Å². The smallest absolute Gasteiger partial charge is 0.434 e. The quantitative estimate of drug-likeness (QED) is 0.346. The number of hydrogen-bond acceptors (Lipinski definition) is 7. The highest BCUT2D eigenvalue weighted by atomic mass is 16.7. The van der Waals surface area contributed by atoms with Crippen molar-refractivity contribution in [2.75, 3.05) is 11.9 Å². The summed E-state index contributed by atoms with van der Waals surface area (Å²) in [5.41, 5.74) is 4.60. The lowest BCUT2D eigenvalue weighted by Crippen LogP contribution is -2.10. The summed E-state index contributed by atoms with van der Waals surface area (Å²) in [6.45, 7) is 4.63. The number of aryl methyl sites for hydroxylation is 1. The summed E-state index contributed by atoms with van der Waals surface area (Å²) >= 11 is 0. The predicted molar refractivity (Wildman–Crippen MR) is 129 cm³/mol. The summed E-state index contributed by atoms with van der Waals surface area (Å²) in [6.07, 6.45) is 4.85. The van der Waals surface area contributed by atoms with Gasteiger partial charge in [0.05, 0.1) is 36.7 Å². The molecule has 0 aliphatic heterocycles. The summed E-state index contributed by atoms with van der Waals surface area (Å²) in [5, 5.41) is 13.3. The largest absolute Gasteiger partial charge is 0.513 e.